The second-order valence-electron chi connectivity index (χ2n) is 9.14. The van der Waals surface area contributed by atoms with E-state index in [0.29, 0.717) is 36.7 Å². The highest BCUT2D eigenvalue weighted by atomic mass is 16.2. The number of fused-ring (bicyclic) bond motifs is 1. The number of nitrogens with zero attached hydrogens (tertiary/aromatic N) is 2. The topological polar surface area (TPSA) is 102 Å². The van der Waals surface area contributed by atoms with Crippen LogP contribution in [0.1, 0.15) is 51.5 Å². The maximum Gasteiger partial charge on any atom is 0.331 e. The molecular formula is C28H36N4O4. The Hall–Kier alpha value is -3.68. The summed E-state index contributed by atoms with van der Waals surface area (Å²) in [5.74, 6) is -0.307. The van der Waals surface area contributed by atoms with Gasteiger partial charge in [0.2, 0.25) is 11.8 Å². The molecule has 0 bridgehead atoms. The number of hydrogen-bond donors (Lipinski definition) is 2. The molecule has 3 aromatic rings. The maximum absolute atomic E-state index is 13.3. The van der Waals surface area contributed by atoms with Gasteiger partial charge in [-0.25, -0.2) is 4.79 Å². The van der Waals surface area contributed by atoms with Gasteiger partial charge in [-0.05, 0) is 56.7 Å². The molecule has 3 rings (SSSR count). The van der Waals surface area contributed by atoms with Crippen molar-refractivity contribution in [3.05, 3.63) is 81.0 Å². The van der Waals surface area contributed by atoms with Gasteiger partial charge in [-0.3, -0.25) is 23.5 Å². The van der Waals surface area contributed by atoms with Crippen LogP contribution in [-0.2, 0) is 29.1 Å². The van der Waals surface area contributed by atoms with Crippen molar-refractivity contribution in [1.82, 2.24) is 19.8 Å². The molecule has 2 N–H and O–H groups in total. The first-order valence-corrected chi connectivity index (χ1v) is 12.7. The van der Waals surface area contributed by atoms with Gasteiger partial charge in [0.15, 0.2) is 0 Å². The average Bonchev–Trinajstić information content (AvgIpc) is 2.88. The molecule has 8 nitrogen and oxygen atoms in total. The van der Waals surface area contributed by atoms with Crippen molar-refractivity contribution in [3.8, 4) is 0 Å². The third-order valence-electron chi connectivity index (χ3n) is 6.16. The molecule has 1 atom stereocenters. The number of unbranched alkanes of at least 4 members (excludes halogenated alkanes) is 1. The highest BCUT2D eigenvalue weighted by Gasteiger charge is 2.16. The van der Waals surface area contributed by atoms with Crippen molar-refractivity contribution in [2.24, 2.45) is 0 Å². The zero-order valence-electron chi connectivity index (χ0n) is 21.2. The van der Waals surface area contributed by atoms with Crippen molar-refractivity contribution in [2.75, 3.05) is 6.54 Å². The molecule has 0 aliphatic heterocycles. The lowest BCUT2D eigenvalue weighted by Crippen LogP contribution is -2.44. The fourth-order valence-corrected chi connectivity index (χ4v) is 4.19. The van der Waals surface area contributed by atoms with Gasteiger partial charge in [-0.15, -0.1) is 0 Å². The number of amides is 2. The number of nitrogens with one attached hydrogen (secondary N) is 2. The normalized spacial score (nSPS) is 11.8. The molecule has 0 saturated carbocycles. The summed E-state index contributed by atoms with van der Waals surface area (Å²) in [6, 6.07) is 16.9. The summed E-state index contributed by atoms with van der Waals surface area (Å²) in [5.41, 5.74) is 0.755. The Morgan fingerprint density at radius 1 is 0.917 bits per heavy atom. The third-order valence-corrected chi connectivity index (χ3v) is 6.16. The number of carbonyl (C=O) groups excluding carboxylic acids is 2. The zero-order valence-corrected chi connectivity index (χ0v) is 21.2. The minimum absolute atomic E-state index is 0.0295. The monoisotopic (exact) mass is 492 g/mol. The Kier molecular flexibility index (Phi) is 10.0. The molecule has 0 aliphatic rings. The molecular weight excluding hydrogens is 456 g/mol. The van der Waals surface area contributed by atoms with Crippen LogP contribution < -0.4 is 21.9 Å². The first-order valence-electron chi connectivity index (χ1n) is 12.7. The van der Waals surface area contributed by atoms with E-state index in [1.165, 1.54) is 14.7 Å². The minimum atomic E-state index is -0.513. The third kappa shape index (κ3) is 7.41. The summed E-state index contributed by atoms with van der Waals surface area (Å²) < 4.78 is 2.54. The van der Waals surface area contributed by atoms with E-state index in [2.05, 4.69) is 22.8 Å². The summed E-state index contributed by atoms with van der Waals surface area (Å²) >= 11 is 0. The molecule has 2 aromatic carbocycles. The van der Waals surface area contributed by atoms with Gasteiger partial charge in [0.1, 0.15) is 6.54 Å². The van der Waals surface area contributed by atoms with Crippen LogP contribution in [-0.4, -0.2) is 33.5 Å². The zero-order chi connectivity index (χ0) is 25.9. The fourth-order valence-electron chi connectivity index (χ4n) is 4.19. The molecule has 2 amide bonds. The van der Waals surface area contributed by atoms with Gasteiger partial charge in [-0.1, -0.05) is 49.4 Å². The number of rotatable bonds is 13. The van der Waals surface area contributed by atoms with Crippen LogP contribution in [0.15, 0.2) is 64.2 Å². The molecule has 0 aliphatic carbocycles. The fraction of sp³-hybridized carbons (Fsp3) is 0.429. The van der Waals surface area contributed by atoms with Crippen molar-refractivity contribution >= 4 is 22.7 Å². The van der Waals surface area contributed by atoms with Gasteiger partial charge < -0.3 is 10.6 Å². The van der Waals surface area contributed by atoms with Gasteiger partial charge in [0, 0.05) is 25.6 Å². The van der Waals surface area contributed by atoms with E-state index in [0.717, 1.165) is 19.3 Å². The van der Waals surface area contributed by atoms with Gasteiger partial charge in [0.25, 0.3) is 5.56 Å². The first-order chi connectivity index (χ1) is 17.4. The summed E-state index contributed by atoms with van der Waals surface area (Å²) in [5, 5.41) is 6.19. The largest absolute Gasteiger partial charge is 0.356 e. The van der Waals surface area contributed by atoms with E-state index < -0.39 is 5.69 Å². The average molecular weight is 493 g/mol. The van der Waals surface area contributed by atoms with Crippen molar-refractivity contribution < 1.29 is 9.59 Å². The van der Waals surface area contributed by atoms with Crippen LogP contribution in [0, 0.1) is 0 Å². The van der Waals surface area contributed by atoms with Crippen molar-refractivity contribution in [3.63, 3.8) is 0 Å². The molecule has 192 valence electrons. The minimum Gasteiger partial charge on any atom is -0.356 e. The van der Waals surface area contributed by atoms with E-state index in [1.54, 1.807) is 24.3 Å². The molecule has 8 heteroatoms. The quantitative estimate of drug-likeness (QED) is 0.358. The Labute approximate surface area is 211 Å². The number of aromatic nitrogens is 2. The van der Waals surface area contributed by atoms with Gasteiger partial charge in [-0.2, -0.15) is 0 Å². The summed E-state index contributed by atoms with van der Waals surface area (Å²) in [6.45, 7) is 4.59. The smallest absolute Gasteiger partial charge is 0.331 e. The second kappa shape index (κ2) is 13.4. The standard InChI is InChI=1S/C28H36N4O4/c1-3-18-29-25(33)15-9-10-19-31-27(35)23-13-7-8-14-24(23)32(28(31)36)20-26(34)30-21(2)16-17-22-11-5-4-6-12-22/h4-8,11-14,21H,3,9-10,15-20H2,1-2H3,(H,29,33)(H,30,34). The molecule has 1 unspecified atom stereocenters. The van der Waals surface area contributed by atoms with Crippen LogP contribution in [0.5, 0.6) is 0 Å². The van der Waals surface area contributed by atoms with E-state index in [-0.39, 0.29) is 36.5 Å². The summed E-state index contributed by atoms with van der Waals surface area (Å²) in [6.07, 6.45) is 3.91. The van der Waals surface area contributed by atoms with Crippen LogP contribution in [0.4, 0.5) is 0 Å². The number of carbonyl (C=O) groups is 2. The highest BCUT2D eigenvalue weighted by Crippen LogP contribution is 2.09. The number of benzene rings is 2. The SMILES string of the molecule is CCCNC(=O)CCCCn1c(=O)c2ccccc2n(CC(=O)NC(C)CCc2ccccc2)c1=O. The van der Waals surface area contributed by atoms with Crippen LogP contribution in [0.25, 0.3) is 10.9 Å². The molecule has 1 heterocycles. The van der Waals surface area contributed by atoms with Crippen molar-refractivity contribution in [2.45, 2.75) is 71.5 Å². The number of para-hydroxylation sites is 1. The Balaban J connectivity index is 1.69. The summed E-state index contributed by atoms with van der Waals surface area (Å²) in [4.78, 5) is 51.0. The summed E-state index contributed by atoms with van der Waals surface area (Å²) in [7, 11) is 0. The van der Waals surface area contributed by atoms with Gasteiger partial charge >= 0.3 is 5.69 Å². The van der Waals surface area contributed by atoms with Crippen LogP contribution in [0.2, 0.25) is 0 Å². The Morgan fingerprint density at radius 2 is 1.64 bits per heavy atom. The molecule has 0 saturated heterocycles. The van der Waals surface area contributed by atoms with E-state index >= 15 is 0 Å². The molecule has 0 fully saturated rings. The molecule has 0 spiro atoms. The Bertz CT molecular complexity index is 1280. The van der Waals surface area contributed by atoms with E-state index in [9.17, 15) is 19.2 Å². The van der Waals surface area contributed by atoms with Crippen LogP contribution >= 0.6 is 0 Å². The molecule has 1 aromatic heterocycles. The maximum atomic E-state index is 13.3. The number of hydrogen-bond acceptors (Lipinski definition) is 4. The Morgan fingerprint density at radius 3 is 2.39 bits per heavy atom. The second-order valence-corrected chi connectivity index (χ2v) is 9.14. The predicted molar refractivity (Wildman–Crippen MR) is 142 cm³/mol. The lowest BCUT2D eigenvalue weighted by atomic mass is 10.1. The van der Waals surface area contributed by atoms with E-state index in [1.807, 2.05) is 32.0 Å². The van der Waals surface area contributed by atoms with Crippen molar-refractivity contribution in [1.29, 1.82) is 0 Å². The lowest BCUT2D eigenvalue weighted by molar-refractivity contribution is -0.122. The molecule has 36 heavy (non-hydrogen) atoms. The number of aryl methyl sites for hydroxylation is 1. The first kappa shape index (κ1) is 26.9. The van der Waals surface area contributed by atoms with Crippen LogP contribution in [0.3, 0.4) is 0 Å². The van der Waals surface area contributed by atoms with Gasteiger partial charge in [0.05, 0.1) is 10.9 Å². The van der Waals surface area contributed by atoms with E-state index in [4.69, 9.17) is 0 Å². The lowest BCUT2D eigenvalue weighted by Gasteiger charge is -2.17. The highest BCUT2D eigenvalue weighted by molar-refractivity contribution is 5.81. The molecule has 0 radical (unpaired) electrons. The predicted octanol–water partition coefficient (Wildman–Crippen LogP) is 3.00.